The van der Waals surface area contributed by atoms with E-state index in [0.717, 1.165) is 12.1 Å². The van der Waals surface area contributed by atoms with Gasteiger partial charge in [-0.1, -0.05) is 5.92 Å². The van der Waals surface area contributed by atoms with Gasteiger partial charge >= 0.3 is 5.97 Å². The summed E-state index contributed by atoms with van der Waals surface area (Å²) in [5, 5.41) is 8.72. The normalized spacial score (nSPS) is 10.9. The lowest BCUT2D eigenvalue weighted by molar-refractivity contribution is 0.0696. The molecule has 0 aromatic heterocycles. The highest BCUT2D eigenvalue weighted by Crippen LogP contribution is 2.21. The Kier molecular flexibility index (Phi) is 3.53. The Bertz CT molecular complexity index is 611. The van der Waals surface area contributed by atoms with E-state index in [1.54, 1.807) is 0 Å². The van der Waals surface area contributed by atoms with E-state index in [1.807, 2.05) is 5.92 Å². The van der Waals surface area contributed by atoms with Gasteiger partial charge in [-0.2, -0.15) is 0 Å². The maximum atomic E-state index is 13.4. The van der Waals surface area contributed by atoms with Crippen molar-refractivity contribution in [3.05, 3.63) is 29.1 Å². The lowest BCUT2D eigenvalue weighted by atomic mass is 10.1. The fraction of sp³-hybridized carbons (Fsp3) is 0.182. The Hall–Kier alpha value is -1.87. The molecule has 6 heteroatoms. The van der Waals surface area contributed by atoms with Crippen LogP contribution in [0.25, 0.3) is 0 Å². The summed E-state index contributed by atoms with van der Waals surface area (Å²) in [7, 11) is -3.86. The second-order valence-electron chi connectivity index (χ2n) is 3.35. The standard InChI is InChI=1S/C11H9FO4S/c1-3-4-17(15,16)10-6-8(11(13)14)5-9(12)7(10)2/h1,5-6H,4H2,2H3,(H,13,14). The van der Waals surface area contributed by atoms with Crippen LogP contribution in [-0.4, -0.2) is 25.2 Å². The topological polar surface area (TPSA) is 71.4 Å². The molecule has 1 N–H and O–H groups in total. The third-order valence-electron chi connectivity index (χ3n) is 2.15. The lowest BCUT2D eigenvalue weighted by Gasteiger charge is -2.07. The van der Waals surface area contributed by atoms with E-state index in [9.17, 15) is 17.6 Å². The number of halogens is 1. The van der Waals surface area contributed by atoms with Gasteiger partial charge in [0.05, 0.1) is 10.5 Å². The van der Waals surface area contributed by atoms with Crippen molar-refractivity contribution in [2.45, 2.75) is 11.8 Å². The first-order valence-corrected chi connectivity index (χ1v) is 6.14. The molecule has 0 amide bonds. The van der Waals surface area contributed by atoms with Crippen molar-refractivity contribution in [3.8, 4) is 12.3 Å². The Morgan fingerprint density at radius 3 is 2.59 bits per heavy atom. The lowest BCUT2D eigenvalue weighted by Crippen LogP contribution is -2.10. The van der Waals surface area contributed by atoms with Crippen molar-refractivity contribution in [3.63, 3.8) is 0 Å². The highest BCUT2D eigenvalue weighted by atomic mass is 32.2. The van der Waals surface area contributed by atoms with Gasteiger partial charge in [0.15, 0.2) is 9.84 Å². The number of hydrogen-bond donors (Lipinski definition) is 1. The van der Waals surface area contributed by atoms with Gasteiger partial charge in [-0.05, 0) is 19.1 Å². The van der Waals surface area contributed by atoms with Crippen molar-refractivity contribution < 1.29 is 22.7 Å². The summed E-state index contributed by atoms with van der Waals surface area (Å²) in [5.74, 6) is -0.947. The predicted molar refractivity (Wildman–Crippen MR) is 59.0 cm³/mol. The molecule has 0 heterocycles. The third-order valence-corrected chi connectivity index (χ3v) is 3.79. The summed E-state index contributed by atoms with van der Waals surface area (Å²) in [6.07, 6.45) is 4.90. The highest BCUT2D eigenvalue weighted by molar-refractivity contribution is 7.91. The summed E-state index contributed by atoms with van der Waals surface area (Å²) in [4.78, 5) is 10.3. The van der Waals surface area contributed by atoms with Gasteiger partial charge in [-0.3, -0.25) is 0 Å². The van der Waals surface area contributed by atoms with E-state index >= 15 is 0 Å². The van der Waals surface area contributed by atoms with Crippen LogP contribution in [0.5, 0.6) is 0 Å². The number of rotatable bonds is 3. The molecule has 0 aliphatic rings. The number of carboxylic acids is 1. The van der Waals surface area contributed by atoms with Crippen molar-refractivity contribution in [1.82, 2.24) is 0 Å². The molecule has 0 saturated heterocycles. The largest absolute Gasteiger partial charge is 0.478 e. The maximum Gasteiger partial charge on any atom is 0.335 e. The molecule has 0 atom stereocenters. The third kappa shape index (κ3) is 2.63. The molecular weight excluding hydrogens is 247 g/mol. The fourth-order valence-electron chi connectivity index (χ4n) is 1.29. The minimum Gasteiger partial charge on any atom is -0.478 e. The van der Waals surface area contributed by atoms with E-state index in [4.69, 9.17) is 11.5 Å². The molecule has 90 valence electrons. The zero-order valence-electron chi connectivity index (χ0n) is 8.90. The first-order chi connectivity index (χ1) is 7.79. The van der Waals surface area contributed by atoms with Crippen LogP contribution in [0, 0.1) is 25.1 Å². The van der Waals surface area contributed by atoms with E-state index in [-0.39, 0.29) is 10.5 Å². The predicted octanol–water partition coefficient (Wildman–Crippen LogP) is 1.24. The molecule has 0 radical (unpaired) electrons. The van der Waals surface area contributed by atoms with Gasteiger partial charge in [-0.15, -0.1) is 6.42 Å². The molecule has 0 unspecified atom stereocenters. The first-order valence-electron chi connectivity index (χ1n) is 4.49. The van der Waals surface area contributed by atoms with Crippen LogP contribution in [0.2, 0.25) is 0 Å². The van der Waals surface area contributed by atoms with Gasteiger partial charge in [0.25, 0.3) is 0 Å². The maximum absolute atomic E-state index is 13.4. The fourth-order valence-corrected chi connectivity index (χ4v) is 2.53. The van der Waals surface area contributed by atoms with Gasteiger partial charge in [0.2, 0.25) is 0 Å². The molecule has 17 heavy (non-hydrogen) atoms. The minimum absolute atomic E-state index is 0.134. The van der Waals surface area contributed by atoms with Crippen molar-refractivity contribution in [2.75, 3.05) is 5.75 Å². The zero-order chi connectivity index (χ0) is 13.2. The second kappa shape index (κ2) is 4.55. The van der Waals surface area contributed by atoms with Crippen LogP contribution in [0.3, 0.4) is 0 Å². The number of aromatic carboxylic acids is 1. The molecule has 0 saturated carbocycles. The smallest absolute Gasteiger partial charge is 0.335 e. The summed E-state index contributed by atoms with van der Waals surface area (Å²) in [6.45, 7) is 1.25. The summed E-state index contributed by atoms with van der Waals surface area (Å²) < 4.78 is 36.7. The molecule has 1 rings (SSSR count). The van der Waals surface area contributed by atoms with Crippen LogP contribution in [-0.2, 0) is 9.84 Å². The van der Waals surface area contributed by atoms with Crippen molar-refractivity contribution in [2.24, 2.45) is 0 Å². The molecule has 1 aromatic carbocycles. The van der Waals surface area contributed by atoms with Crippen molar-refractivity contribution >= 4 is 15.8 Å². The Morgan fingerprint density at radius 2 is 2.12 bits per heavy atom. The SMILES string of the molecule is C#CCS(=O)(=O)c1cc(C(=O)O)cc(F)c1C. The van der Waals surface area contributed by atoms with Crippen LogP contribution >= 0.6 is 0 Å². The Labute approximate surface area is 98.0 Å². The van der Waals surface area contributed by atoms with Gasteiger partial charge in [0.1, 0.15) is 11.6 Å². The zero-order valence-corrected chi connectivity index (χ0v) is 9.71. The minimum atomic E-state index is -3.86. The summed E-state index contributed by atoms with van der Waals surface area (Å²) in [6, 6.07) is 1.68. The van der Waals surface area contributed by atoms with Crippen LogP contribution in [0.1, 0.15) is 15.9 Å². The summed E-state index contributed by atoms with van der Waals surface area (Å²) in [5.41, 5.74) is -0.561. The number of benzene rings is 1. The van der Waals surface area contributed by atoms with E-state index in [0.29, 0.717) is 0 Å². The first kappa shape index (κ1) is 13.2. The Morgan fingerprint density at radius 1 is 1.53 bits per heavy atom. The average molecular weight is 256 g/mol. The van der Waals surface area contributed by atoms with Crippen LogP contribution < -0.4 is 0 Å². The quantitative estimate of drug-likeness (QED) is 0.826. The van der Waals surface area contributed by atoms with Crippen LogP contribution in [0.15, 0.2) is 17.0 Å². The van der Waals surface area contributed by atoms with E-state index in [1.165, 1.54) is 6.92 Å². The number of hydrogen-bond acceptors (Lipinski definition) is 3. The van der Waals surface area contributed by atoms with Gasteiger partial charge < -0.3 is 5.11 Å². The van der Waals surface area contributed by atoms with Gasteiger partial charge in [-0.25, -0.2) is 17.6 Å². The molecule has 1 aromatic rings. The Balaban J connectivity index is 3.55. The van der Waals surface area contributed by atoms with Crippen molar-refractivity contribution in [1.29, 1.82) is 0 Å². The molecular formula is C11H9FO4S. The van der Waals surface area contributed by atoms with E-state index < -0.39 is 32.9 Å². The molecule has 0 spiro atoms. The monoisotopic (exact) mass is 256 g/mol. The number of carbonyl (C=O) groups is 1. The average Bonchev–Trinajstić information content (AvgIpc) is 2.21. The second-order valence-corrected chi connectivity index (χ2v) is 5.31. The van der Waals surface area contributed by atoms with Gasteiger partial charge in [0, 0.05) is 5.56 Å². The van der Waals surface area contributed by atoms with Crippen LogP contribution in [0.4, 0.5) is 4.39 Å². The number of sulfone groups is 1. The molecule has 0 aliphatic heterocycles. The highest BCUT2D eigenvalue weighted by Gasteiger charge is 2.21. The molecule has 0 aliphatic carbocycles. The van der Waals surface area contributed by atoms with E-state index in [2.05, 4.69) is 0 Å². The molecule has 0 fully saturated rings. The number of carboxylic acid groups (broad SMARTS) is 1. The molecule has 0 bridgehead atoms. The summed E-state index contributed by atoms with van der Waals surface area (Å²) >= 11 is 0. The number of terminal acetylenes is 1. The molecule has 4 nitrogen and oxygen atoms in total.